The summed E-state index contributed by atoms with van der Waals surface area (Å²) in [5, 5.41) is 8.71. The van der Waals surface area contributed by atoms with Crippen LogP contribution in [0, 0.1) is 5.41 Å². The van der Waals surface area contributed by atoms with Crippen molar-refractivity contribution in [2.24, 2.45) is 5.41 Å². The number of carbonyl (C=O) groups excluding carboxylic acids is 1. The van der Waals surface area contributed by atoms with Gasteiger partial charge in [-0.05, 0) is 43.6 Å². The smallest absolute Gasteiger partial charge is 0.264 e. The average molecular weight is 379 g/mol. The zero-order valence-corrected chi connectivity index (χ0v) is 15.3. The molecular formula is C18H20Cl2N4O. The molecule has 0 radical (unpaired) electrons. The Balaban J connectivity index is 1.49. The highest BCUT2D eigenvalue weighted by atomic mass is 35.5. The Kier molecular flexibility index (Phi) is 4.58. The van der Waals surface area contributed by atoms with Crippen molar-refractivity contribution in [3.8, 4) is 0 Å². The second-order valence-electron chi connectivity index (χ2n) is 7.03. The zero-order valence-electron chi connectivity index (χ0n) is 13.8. The van der Waals surface area contributed by atoms with Crippen LogP contribution in [0.25, 0.3) is 0 Å². The molecule has 0 amide bonds. The molecule has 2 saturated heterocycles. The van der Waals surface area contributed by atoms with Crippen LogP contribution < -0.4 is 5.32 Å². The number of nitrogens with zero attached hydrogens (tertiary/aromatic N) is 3. The van der Waals surface area contributed by atoms with Gasteiger partial charge in [0.1, 0.15) is 0 Å². The molecule has 132 valence electrons. The first-order valence-corrected chi connectivity index (χ1v) is 9.26. The van der Waals surface area contributed by atoms with E-state index in [0.29, 0.717) is 5.02 Å². The molecule has 7 heteroatoms. The highest BCUT2D eigenvalue weighted by molar-refractivity contribution is 6.30. The third kappa shape index (κ3) is 3.34. The quantitative estimate of drug-likeness (QED) is 0.891. The number of benzene rings is 1. The molecule has 1 aromatic carbocycles. The van der Waals surface area contributed by atoms with Crippen LogP contribution in [-0.4, -0.2) is 46.3 Å². The topological polar surface area (TPSA) is 50.2 Å². The molecule has 0 aliphatic carbocycles. The summed E-state index contributed by atoms with van der Waals surface area (Å²) in [5.74, 6) is -0.0194. The lowest BCUT2D eigenvalue weighted by molar-refractivity contribution is 0.0769. The first kappa shape index (κ1) is 17.0. The van der Waals surface area contributed by atoms with Crippen molar-refractivity contribution in [2.75, 3.05) is 19.6 Å². The van der Waals surface area contributed by atoms with Gasteiger partial charge in [0.15, 0.2) is 0 Å². The van der Waals surface area contributed by atoms with Crippen LogP contribution in [-0.2, 0) is 6.54 Å². The molecule has 2 aromatic rings. The van der Waals surface area contributed by atoms with Crippen LogP contribution in [0.1, 0.15) is 23.2 Å². The third-order valence-corrected chi connectivity index (χ3v) is 5.80. The van der Waals surface area contributed by atoms with E-state index in [9.17, 15) is 4.79 Å². The summed E-state index contributed by atoms with van der Waals surface area (Å²) in [4.78, 5) is 15.3. The SMILES string of the molecule is O=C(C1NCCC12CCN(Cc1cccc(Cl)c1)C2)n1cc(Cl)cn1. The highest BCUT2D eigenvalue weighted by Gasteiger charge is 2.50. The molecule has 3 heterocycles. The third-order valence-electron chi connectivity index (χ3n) is 5.37. The second-order valence-corrected chi connectivity index (χ2v) is 7.90. The Morgan fingerprint density at radius 1 is 1.32 bits per heavy atom. The molecule has 2 fully saturated rings. The van der Waals surface area contributed by atoms with Gasteiger partial charge in [0, 0.05) is 23.5 Å². The van der Waals surface area contributed by atoms with E-state index in [1.807, 2.05) is 18.2 Å². The zero-order chi connectivity index (χ0) is 17.4. The van der Waals surface area contributed by atoms with Gasteiger partial charge in [-0.2, -0.15) is 5.10 Å². The van der Waals surface area contributed by atoms with Crippen LogP contribution in [0.3, 0.4) is 0 Å². The molecule has 2 aliphatic heterocycles. The Morgan fingerprint density at radius 3 is 2.96 bits per heavy atom. The van der Waals surface area contributed by atoms with E-state index in [-0.39, 0.29) is 17.4 Å². The van der Waals surface area contributed by atoms with Crippen LogP contribution in [0.2, 0.25) is 10.0 Å². The van der Waals surface area contributed by atoms with E-state index in [2.05, 4.69) is 21.4 Å². The molecule has 5 nitrogen and oxygen atoms in total. The molecule has 2 unspecified atom stereocenters. The van der Waals surface area contributed by atoms with E-state index in [1.54, 1.807) is 6.20 Å². The van der Waals surface area contributed by atoms with Gasteiger partial charge in [0.05, 0.1) is 23.5 Å². The van der Waals surface area contributed by atoms with Crippen molar-refractivity contribution in [1.82, 2.24) is 20.0 Å². The summed E-state index contributed by atoms with van der Waals surface area (Å²) in [6, 6.07) is 7.76. The Morgan fingerprint density at radius 2 is 2.20 bits per heavy atom. The standard InChI is InChI=1S/C18H20Cl2N4O/c19-14-3-1-2-13(8-14)10-23-7-5-18(12-23)4-6-21-16(18)17(25)24-11-15(20)9-22-24/h1-3,8-9,11,16,21H,4-7,10,12H2. The van der Waals surface area contributed by atoms with Crippen molar-refractivity contribution in [2.45, 2.75) is 25.4 Å². The lowest BCUT2D eigenvalue weighted by atomic mass is 9.79. The van der Waals surface area contributed by atoms with Crippen LogP contribution >= 0.6 is 23.2 Å². The summed E-state index contributed by atoms with van der Waals surface area (Å²) in [5.41, 5.74) is 1.17. The summed E-state index contributed by atoms with van der Waals surface area (Å²) in [6.07, 6.45) is 5.09. The minimum absolute atomic E-state index is 0.0194. The molecule has 25 heavy (non-hydrogen) atoms. The van der Waals surface area contributed by atoms with Gasteiger partial charge in [-0.15, -0.1) is 0 Å². The van der Waals surface area contributed by atoms with Crippen molar-refractivity contribution in [3.05, 3.63) is 52.3 Å². The molecular weight excluding hydrogens is 359 g/mol. The highest BCUT2D eigenvalue weighted by Crippen LogP contribution is 2.41. The minimum atomic E-state index is -0.215. The van der Waals surface area contributed by atoms with Gasteiger partial charge in [0.25, 0.3) is 5.91 Å². The molecule has 2 atom stereocenters. The monoisotopic (exact) mass is 378 g/mol. The molecule has 0 saturated carbocycles. The van der Waals surface area contributed by atoms with E-state index in [1.165, 1.54) is 16.4 Å². The van der Waals surface area contributed by atoms with Gasteiger partial charge in [-0.25, -0.2) is 4.68 Å². The van der Waals surface area contributed by atoms with Crippen molar-refractivity contribution >= 4 is 29.1 Å². The van der Waals surface area contributed by atoms with E-state index in [0.717, 1.165) is 44.0 Å². The maximum absolute atomic E-state index is 12.9. The van der Waals surface area contributed by atoms with Gasteiger partial charge < -0.3 is 5.32 Å². The fourth-order valence-corrected chi connectivity index (χ4v) is 4.53. The lowest BCUT2D eigenvalue weighted by Gasteiger charge is -2.29. The van der Waals surface area contributed by atoms with E-state index >= 15 is 0 Å². The maximum Gasteiger partial charge on any atom is 0.264 e. The van der Waals surface area contributed by atoms with Gasteiger partial charge in [-0.3, -0.25) is 9.69 Å². The first-order valence-electron chi connectivity index (χ1n) is 8.50. The predicted octanol–water partition coefficient (Wildman–Crippen LogP) is 3.08. The Bertz CT molecular complexity index is 793. The molecule has 2 aliphatic rings. The fraction of sp³-hybridized carbons (Fsp3) is 0.444. The van der Waals surface area contributed by atoms with Crippen molar-refractivity contribution in [3.63, 3.8) is 0 Å². The lowest BCUT2D eigenvalue weighted by Crippen LogP contribution is -2.47. The van der Waals surface area contributed by atoms with Crippen molar-refractivity contribution in [1.29, 1.82) is 0 Å². The molecule has 1 aromatic heterocycles. The van der Waals surface area contributed by atoms with Crippen LogP contribution in [0.4, 0.5) is 0 Å². The predicted molar refractivity (Wildman–Crippen MR) is 98.1 cm³/mol. The summed E-state index contributed by atoms with van der Waals surface area (Å²) in [6.45, 7) is 3.60. The van der Waals surface area contributed by atoms with Crippen LogP contribution in [0.15, 0.2) is 36.7 Å². The number of aromatic nitrogens is 2. The molecule has 1 spiro atoms. The largest absolute Gasteiger partial charge is 0.305 e. The molecule has 0 bridgehead atoms. The average Bonchev–Trinajstić information content (AvgIpc) is 3.29. The second kappa shape index (κ2) is 6.72. The first-order chi connectivity index (χ1) is 12.1. The Labute approximate surface area is 156 Å². The van der Waals surface area contributed by atoms with E-state index < -0.39 is 0 Å². The number of halogens is 2. The van der Waals surface area contributed by atoms with Gasteiger partial charge >= 0.3 is 0 Å². The number of nitrogens with one attached hydrogen (secondary N) is 1. The number of likely N-dealkylation sites (tertiary alicyclic amines) is 1. The number of rotatable bonds is 3. The Hall–Kier alpha value is -1.40. The van der Waals surface area contributed by atoms with Gasteiger partial charge in [0.2, 0.25) is 0 Å². The van der Waals surface area contributed by atoms with Gasteiger partial charge in [-0.1, -0.05) is 35.3 Å². The summed E-state index contributed by atoms with van der Waals surface area (Å²) >= 11 is 12.0. The summed E-state index contributed by atoms with van der Waals surface area (Å²) in [7, 11) is 0. The fourth-order valence-electron chi connectivity index (χ4n) is 4.18. The maximum atomic E-state index is 12.9. The number of hydrogen-bond donors (Lipinski definition) is 1. The van der Waals surface area contributed by atoms with Crippen LogP contribution in [0.5, 0.6) is 0 Å². The van der Waals surface area contributed by atoms with E-state index in [4.69, 9.17) is 23.2 Å². The minimum Gasteiger partial charge on any atom is -0.305 e. The summed E-state index contributed by atoms with van der Waals surface area (Å²) < 4.78 is 1.37. The molecule has 4 rings (SSSR count). The van der Waals surface area contributed by atoms with Crippen molar-refractivity contribution < 1.29 is 4.79 Å². The normalized spacial score (nSPS) is 26.6. The molecule has 1 N–H and O–H groups in total. The number of hydrogen-bond acceptors (Lipinski definition) is 4. The number of carbonyl (C=O) groups is 1.